The van der Waals surface area contributed by atoms with Gasteiger partial charge in [-0.25, -0.2) is 9.67 Å². The summed E-state index contributed by atoms with van der Waals surface area (Å²) in [4.78, 5) is 31.5. The van der Waals surface area contributed by atoms with Gasteiger partial charge in [0, 0.05) is 35.8 Å². The van der Waals surface area contributed by atoms with Crippen molar-refractivity contribution in [2.45, 2.75) is 40.7 Å². The number of hydrogen-bond acceptors (Lipinski definition) is 4. The number of aryl methyl sites for hydroxylation is 1. The van der Waals surface area contributed by atoms with Crippen molar-refractivity contribution in [3.63, 3.8) is 0 Å². The van der Waals surface area contributed by atoms with E-state index < -0.39 is 0 Å². The predicted molar refractivity (Wildman–Crippen MR) is 114 cm³/mol. The van der Waals surface area contributed by atoms with Crippen molar-refractivity contribution < 1.29 is 9.59 Å². The quantitative estimate of drug-likeness (QED) is 0.685. The van der Waals surface area contributed by atoms with Crippen LogP contribution in [0.4, 0.5) is 5.69 Å². The molecule has 0 aliphatic carbocycles. The van der Waals surface area contributed by atoms with Crippen LogP contribution in [0.5, 0.6) is 0 Å². The maximum Gasteiger partial charge on any atom is 0.257 e. The highest BCUT2D eigenvalue weighted by Crippen LogP contribution is 2.20. The SMILES string of the molecule is CCN(CC)C(=O)c1ccc(NC(=O)c2cc3cnn(C(C)C)c3nc2C)cc1. The molecule has 2 heterocycles. The lowest BCUT2D eigenvalue weighted by Gasteiger charge is -2.18. The summed E-state index contributed by atoms with van der Waals surface area (Å²) in [6, 6.07) is 8.96. The van der Waals surface area contributed by atoms with Gasteiger partial charge in [-0.2, -0.15) is 5.10 Å². The number of fused-ring (bicyclic) bond motifs is 1. The van der Waals surface area contributed by atoms with Crippen molar-refractivity contribution in [1.29, 1.82) is 0 Å². The maximum atomic E-state index is 12.8. The molecule has 29 heavy (non-hydrogen) atoms. The molecule has 1 aromatic carbocycles. The second kappa shape index (κ2) is 8.43. The molecule has 0 aliphatic rings. The Kier molecular flexibility index (Phi) is 5.96. The van der Waals surface area contributed by atoms with Crippen LogP contribution in [0.2, 0.25) is 0 Å². The van der Waals surface area contributed by atoms with E-state index in [1.54, 1.807) is 35.4 Å². The number of hydrogen-bond donors (Lipinski definition) is 1. The third-order valence-electron chi connectivity index (χ3n) is 4.93. The third-order valence-corrected chi connectivity index (χ3v) is 4.93. The van der Waals surface area contributed by atoms with E-state index in [1.165, 1.54) is 0 Å². The largest absolute Gasteiger partial charge is 0.339 e. The highest BCUT2D eigenvalue weighted by atomic mass is 16.2. The Balaban J connectivity index is 1.80. The third kappa shape index (κ3) is 4.13. The molecule has 3 aromatic rings. The van der Waals surface area contributed by atoms with Crippen LogP contribution >= 0.6 is 0 Å². The van der Waals surface area contributed by atoms with Gasteiger partial charge < -0.3 is 10.2 Å². The van der Waals surface area contributed by atoms with Crippen LogP contribution in [0.3, 0.4) is 0 Å². The molecule has 0 unspecified atom stereocenters. The summed E-state index contributed by atoms with van der Waals surface area (Å²) in [6.45, 7) is 11.1. The summed E-state index contributed by atoms with van der Waals surface area (Å²) >= 11 is 0. The Bertz CT molecular complexity index is 1030. The first-order valence-electron chi connectivity index (χ1n) is 9.91. The zero-order chi connectivity index (χ0) is 21.1. The average Bonchev–Trinajstić information content (AvgIpc) is 3.11. The molecule has 152 valence electrons. The van der Waals surface area contributed by atoms with Crippen molar-refractivity contribution in [1.82, 2.24) is 19.7 Å². The van der Waals surface area contributed by atoms with Gasteiger partial charge in [0.05, 0.1) is 17.5 Å². The molecule has 7 nitrogen and oxygen atoms in total. The van der Waals surface area contributed by atoms with Gasteiger partial charge in [-0.1, -0.05) is 0 Å². The van der Waals surface area contributed by atoms with E-state index in [-0.39, 0.29) is 17.9 Å². The molecule has 2 amide bonds. The van der Waals surface area contributed by atoms with E-state index in [1.807, 2.05) is 45.4 Å². The van der Waals surface area contributed by atoms with E-state index in [4.69, 9.17) is 0 Å². The summed E-state index contributed by atoms with van der Waals surface area (Å²) in [5.74, 6) is -0.252. The molecular weight excluding hydrogens is 366 g/mol. The highest BCUT2D eigenvalue weighted by molar-refractivity contribution is 6.06. The standard InChI is InChI=1S/C22H27N5O2/c1-6-26(7-2)22(29)16-8-10-18(11-9-16)25-21(28)19-12-17-13-23-27(14(3)4)20(17)24-15(19)5/h8-14H,6-7H2,1-5H3,(H,25,28). The van der Waals surface area contributed by atoms with E-state index in [0.717, 1.165) is 11.0 Å². The summed E-state index contributed by atoms with van der Waals surface area (Å²) in [6.07, 6.45) is 1.73. The smallest absolute Gasteiger partial charge is 0.257 e. The lowest BCUT2D eigenvalue weighted by Crippen LogP contribution is -2.30. The number of pyridine rings is 1. The summed E-state index contributed by atoms with van der Waals surface area (Å²) in [5, 5.41) is 8.08. The van der Waals surface area contributed by atoms with Crippen molar-refractivity contribution in [3.8, 4) is 0 Å². The molecule has 0 radical (unpaired) electrons. The van der Waals surface area contributed by atoms with E-state index in [0.29, 0.717) is 35.6 Å². The van der Waals surface area contributed by atoms with Gasteiger partial charge in [-0.05, 0) is 65.0 Å². The monoisotopic (exact) mass is 393 g/mol. The Morgan fingerprint density at radius 3 is 2.38 bits per heavy atom. The first-order valence-corrected chi connectivity index (χ1v) is 9.91. The first kappa shape index (κ1) is 20.5. The number of amides is 2. The lowest BCUT2D eigenvalue weighted by molar-refractivity contribution is 0.0773. The van der Waals surface area contributed by atoms with E-state index in [2.05, 4.69) is 15.4 Å². The molecule has 3 rings (SSSR count). The van der Waals surface area contributed by atoms with E-state index in [9.17, 15) is 9.59 Å². The molecular formula is C22H27N5O2. The molecule has 0 aliphatic heterocycles. The fourth-order valence-corrected chi connectivity index (χ4v) is 3.26. The molecule has 0 bridgehead atoms. The number of anilines is 1. The number of aromatic nitrogens is 3. The maximum absolute atomic E-state index is 12.8. The van der Waals surface area contributed by atoms with Crippen LogP contribution in [-0.2, 0) is 0 Å². The molecule has 7 heteroatoms. The zero-order valence-electron chi connectivity index (χ0n) is 17.6. The second-order valence-corrected chi connectivity index (χ2v) is 7.23. The Labute approximate surface area is 170 Å². The number of nitrogens with one attached hydrogen (secondary N) is 1. The Hall–Kier alpha value is -3.22. The van der Waals surface area contributed by atoms with Crippen LogP contribution in [0, 0.1) is 6.92 Å². The van der Waals surface area contributed by atoms with Gasteiger partial charge in [-0.15, -0.1) is 0 Å². The number of benzene rings is 1. The van der Waals surface area contributed by atoms with Gasteiger partial charge in [-0.3, -0.25) is 9.59 Å². The molecule has 0 atom stereocenters. The van der Waals surface area contributed by atoms with Crippen molar-refractivity contribution in [2.24, 2.45) is 0 Å². The highest BCUT2D eigenvalue weighted by Gasteiger charge is 2.16. The van der Waals surface area contributed by atoms with Gasteiger partial charge in [0.25, 0.3) is 11.8 Å². The Morgan fingerprint density at radius 2 is 1.79 bits per heavy atom. The van der Waals surface area contributed by atoms with Crippen LogP contribution in [0.25, 0.3) is 11.0 Å². The number of carbonyl (C=O) groups is 2. The molecule has 0 spiro atoms. The molecule has 0 fully saturated rings. The lowest BCUT2D eigenvalue weighted by atomic mass is 10.1. The predicted octanol–water partition coefficient (Wildman–Crippen LogP) is 4.05. The van der Waals surface area contributed by atoms with Gasteiger partial charge in [0.1, 0.15) is 0 Å². The molecule has 2 aromatic heterocycles. The van der Waals surface area contributed by atoms with Crippen LogP contribution in [0.15, 0.2) is 36.5 Å². The molecule has 0 saturated heterocycles. The van der Waals surface area contributed by atoms with Crippen molar-refractivity contribution in [2.75, 3.05) is 18.4 Å². The number of nitrogens with zero attached hydrogens (tertiary/aromatic N) is 4. The fourth-order valence-electron chi connectivity index (χ4n) is 3.26. The first-order chi connectivity index (χ1) is 13.8. The van der Waals surface area contributed by atoms with E-state index >= 15 is 0 Å². The minimum Gasteiger partial charge on any atom is -0.339 e. The second-order valence-electron chi connectivity index (χ2n) is 7.23. The van der Waals surface area contributed by atoms with Crippen LogP contribution in [-0.4, -0.2) is 44.6 Å². The minimum atomic E-state index is -0.239. The fraction of sp³-hybridized carbons (Fsp3) is 0.364. The minimum absolute atomic E-state index is 0.0134. The summed E-state index contributed by atoms with van der Waals surface area (Å²) < 4.78 is 1.84. The van der Waals surface area contributed by atoms with Crippen LogP contribution < -0.4 is 5.32 Å². The Morgan fingerprint density at radius 1 is 1.14 bits per heavy atom. The van der Waals surface area contributed by atoms with Crippen molar-refractivity contribution in [3.05, 3.63) is 53.3 Å². The summed E-state index contributed by atoms with van der Waals surface area (Å²) in [5.41, 5.74) is 3.15. The number of rotatable bonds is 6. The topological polar surface area (TPSA) is 80.1 Å². The van der Waals surface area contributed by atoms with Crippen molar-refractivity contribution >= 4 is 28.5 Å². The van der Waals surface area contributed by atoms with Gasteiger partial charge in [0.15, 0.2) is 5.65 Å². The summed E-state index contributed by atoms with van der Waals surface area (Å²) in [7, 11) is 0. The normalized spacial score (nSPS) is 11.1. The van der Waals surface area contributed by atoms with Gasteiger partial charge in [0.2, 0.25) is 0 Å². The molecule has 1 N–H and O–H groups in total. The van der Waals surface area contributed by atoms with Crippen LogP contribution in [0.1, 0.15) is 60.1 Å². The average molecular weight is 393 g/mol. The molecule has 0 saturated carbocycles. The number of carbonyl (C=O) groups excluding carboxylic acids is 2. The van der Waals surface area contributed by atoms with Gasteiger partial charge >= 0.3 is 0 Å². The zero-order valence-corrected chi connectivity index (χ0v) is 17.6.